The molecule has 138 valence electrons. The molecule has 2 aromatic rings. The molecule has 3 N–H and O–H groups in total. The Morgan fingerprint density at radius 1 is 1.31 bits per heavy atom. The fourth-order valence-corrected chi connectivity index (χ4v) is 2.77. The largest absolute Gasteiger partial charge is 0.342 e. The van der Waals surface area contributed by atoms with E-state index in [2.05, 4.69) is 10.5 Å². The first-order chi connectivity index (χ1) is 12.3. The van der Waals surface area contributed by atoms with Crippen LogP contribution in [0.25, 0.3) is 11.3 Å². The number of hydrogen-bond donors (Lipinski definition) is 3. The van der Waals surface area contributed by atoms with E-state index in [1.165, 1.54) is 24.3 Å². The molecule has 0 bridgehead atoms. The number of aromatic nitrogens is 1. The SMILES string of the molecule is O=C(NCC1CC1)NNS(=O)(=O)c1cc(-c2ccc([N+](=O)[O-])cc2)no1. The topological polar surface area (TPSA) is 156 Å². The van der Waals surface area contributed by atoms with Crippen molar-refractivity contribution in [2.75, 3.05) is 6.54 Å². The lowest BCUT2D eigenvalue weighted by atomic mass is 10.1. The van der Waals surface area contributed by atoms with E-state index < -0.39 is 26.1 Å². The number of nitro benzene ring substituents is 1. The molecule has 0 radical (unpaired) electrons. The summed E-state index contributed by atoms with van der Waals surface area (Å²) in [4.78, 5) is 23.5. The van der Waals surface area contributed by atoms with Crippen molar-refractivity contribution in [1.29, 1.82) is 0 Å². The molecular weight excluding hydrogens is 366 g/mol. The van der Waals surface area contributed by atoms with Gasteiger partial charge in [0.1, 0.15) is 5.69 Å². The normalized spacial score (nSPS) is 14.0. The second-order valence-corrected chi connectivity index (χ2v) is 7.33. The van der Waals surface area contributed by atoms with Gasteiger partial charge in [-0.3, -0.25) is 15.5 Å². The van der Waals surface area contributed by atoms with Gasteiger partial charge in [0, 0.05) is 30.3 Å². The molecule has 3 rings (SSSR count). The van der Waals surface area contributed by atoms with E-state index >= 15 is 0 Å². The molecule has 1 saturated carbocycles. The Morgan fingerprint density at radius 2 is 2.00 bits per heavy atom. The third-order valence-electron chi connectivity index (χ3n) is 3.67. The highest BCUT2D eigenvalue weighted by molar-refractivity contribution is 7.89. The van der Waals surface area contributed by atoms with Gasteiger partial charge in [-0.1, -0.05) is 5.16 Å². The Morgan fingerprint density at radius 3 is 2.62 bits per heavy atom. The number of nitro groups is 1. The molecule has 1 aliphatic rings. The lowest BCUT2D eigenvalue weighted by Crippen LogP contribution is -2.47. The van der Waals surface area contributed by atoms with Crippen molar-refractivity contribution in [2.45, 2.75) is 17.9 Å². The van der Waals surface area contributed by atoms with Gasteiger partial charge in [-0.25, -0.2) is 13.2 Å². The first kappa shape index (κ1) is 17.8. The molecule has 1 aliphatic carbocycles. The van der Waals surface area contributed by atoms with Crippen LogP contribution in [0.1, 0.15) is 12.8 Å². The Bertz CT molecular complexity index is 920. The predicted molar refractivity (Wildman–Crippen MR) is 88.2 cm³/mol. The lowest BCUT2D eigenvalue weighted by molar-refractivity contribution is -0.384. The minimum absolute atomic E-state index is 0.104. The van der Waals surface area contributed by atoms with E-state index in [1.807, 2.05) is 10.3 Å². The van der Waals surface area contributed by atoms with Crippen LogP contribution in [0.2, 0.25) is 0 Å². The number of amides is 2. The van der Waals surface area contributed by atoms with E-state index in [0.717, 1.165) is 18.9 Å². The Balaban J connectivity index is 1.63. The van der Waals surface area contributed by atoms with Crippen molar-refractivity contribution < 1.29 is 22.7 Å². The predicted octanol–water partition coefficient (Wildman–Crippen LogP) is 1.15. The molecule has 1 aromatic carbocycles. The number of benzene rings is 1. The van der Waals surface area contributed by atoms with Gasteiger partial charge in [-0.15, -0.1) is 4.83 Å². The van der Waals surface area contributed by atoms with Gasteiger partial charge in [-0.05, 0) is 30.9 Å². The zero-order valence-electron chi connectivity index (χ0n) is 13.3. The third kappa shape index (κ3) is 4.34. The second-order valence-electron chi connectivity index (χ2n) is 5.72. The molecule has 1 fully saturated rings. The van der Waals surface area contributed by atoms with Crippen molar-refractivity contribution in [1.82, 2.24) is 20.7 Å². The van der Waals surface area contributed by atoms with Crippen molar-refractivity contribution in [2.24, 2.45) is 5.92 Å². The maximum Gasteiger partial charge on any atom is 0.329 e. The summed E-state index contributed by atoms with van der Waals surface area (Å²) in [7, 11) is -4.15. The molecule has 0 saturated heterocycles. The van der Waals surface area contributed by atoms with Crippen molar-refractivity contribution in [3.05, 3.63) is 40.4 Å². The summed E-state index contributed by atoms with van der Waals surface area (Å²) in [6.07, 6.45) is 2.10. The lowest BCUT2D eigenvalue weighted by Gasteiger charge is -2.07. The van der Waals surface area contributed by atoms with E-state index in [1.54, 1.807) is 0 Å². The summed E-state index contributed by atoms with van der Waals surface area (Å²) in [5, 5.41) is 16.3. The number of carbonyl (C=O) groups is 1. The zero-order chi connectivity index (χ0) is 18.7. The number of hydrazine groups is 1. The number of non-ortho nitro benzene ring substituents is 1. The van der Waals surface area contributed by atoms with E-state index in [9.17, 15) is 23.3 Å². The molecule has 1 heterocycles. The van der Waals surface area contributed by atoms with Gasteiger partial charge in [0.25, 0.3) is 20.8 Å². The van der Waals surface area contributed by atoms with Gasteiger partial charge in [0.15, 0.2) is 0 Å². The third-order valence-corrected chi connectivity index (χ3v) is 4.77. The molecule has 11 nitrogen and oxygen atoms in total. The van der Waals surface area contributed by atoms with Gasteiger partial charge in [-0.2, -0.15) is 0 Å². The second kappa shape index (κ2) is 7.09. The van der Waals surface area contributed by atoms with E-state index in [0.29, 0.717) is 18.0 Å². The molecule has 26 heavy (non-hydrogen) atoms. The van der Waals surface area contributed by atoms with Crippen LogP contribution < -0.4 is 15.6 Å². The van der Waals surface area contributed by atoms with E-state index in [4.69, 9.17) is 4.52 Å². The van der Waals surface area contributed by atoms with Crippen molar-refractivity contribution in [3.8, 4) is 11.3 Å². The highest BCUT2D eigenvalue weighted by atomic mass is 32.2. The number of nitrogens with zero attached hydrogens (tertiary/aromatic N) is 2. The van der Waals surface area contributed by atoms with Crippen molar-refractivity contribution >= 4 is 21.7 Å². The summed E-state index contributed by atoms with van der Waals surface area (Å²) in [6.45, 7) is 0.486. The molecule has 0 aliphatic heterocycles. The molecule has 2 amide bonds. The van der Waals surface area contributed by atoms with E-state index in [-0.39, 0.29) is 11.4 Å². The minimum atomic E-state index is -4.15. The van der Waals surface area contributed by atoms with Crippen LogP contribution in [-0.2, 0) is 10.0 Å². The fraction of sp³-hybridized carbons (Fsp3) is 0.286. The number of nitrogens with one attached hydrogen (secondary N) is 3. The molecule has 0 unspecified atom stereocenters. The van der Waals surface area contributed by atoms with Gasteiger partial charge in [0.05, 0.1) is 4.92 Å². The number of rotatable bonds is 7. The smallest absolute Gasteiger partial charge is 0.329 e. The van der Waals surface area contributed by atoms with Gasteiger partial charge < -0.3 is 9.84 Å². The maximum atomic E-state index is 12.1. The summed E-state index contributed by atoms with van der Waals surface area (Å²) in [5.41, 5.74) is 2.54. The summed E-state index contributed by atoms with van der Waals surface area (Å²) in [6, 6.07) is 5.85. The van der Waals surface area contributed by atoms with Gasteiger partial charge >= 0.3 is 6.03 Å². The van der Waals surface area contributed by atoms with Crippen LogP contribution in [0.3, 0.4) is 0 Å². The summed E-state index contributed by atoms with van der Waals surface area (Å²) in [5.74, 6) is 0.455. The summed E-state index contributed by atoms with van der Waals surface area (Å²) >= 11 is 0. The van der Waals surface area contributed by atoms with Crippen LogP contribution in [0.4, 0.5) is 10.5 Å². The molecule has 1 aromatic heterocycles. The first-order valence-electron chi connectivity index (χ1n) is 7.62. The van der Waals surface area contributed by atoms with Gasteiger partial charge in [0.2, 0.25) is 0 Å². The average Bonchev–Trinajstić information content (AvgIpc) is 3.31. The number of urea groups is 1. The quantitative estimate of drug-likeness (QED) is 0.479. The zero-order valence-corrected chi connectivity index (χ0v) is 14.2. The fourth-order valence-electron chi connectivity index (χ4n) is 2.04. The molecule has 0 atom stereocenters. The Hall–Kier alpha value is -2.99. The van der Waals surface area contributed by atoms with Crippen molar-refractivity contribution in [3.63, 3.8) is 0 Å². The number of sulfonamides is 1. The number of hydrogen-bond acceptors (Lipinski definition) is 7. The minimum Gasteiger partial charge on any atom is -0.342 e. The highest BCUT2D eigenvalue weighted by Gasteiger charge is 2.24. The van der Waals surface area contributed by atoms with Crippen LogP contribution in [-0.4, -0.2) is 31.1 Å². The average molecular weight is 381 g/mol. The Kier molecular flexibility index (Phi) is 4.86. The molecule has 0 spiro atoms. The van der Waals surface area contributed by atoms with Crippen LogP contribution in [0.15, 0.2) is 39.9 Å². The highest BCUT2D eigenvalue weighted by Crippen LogP contribution is 2.27. The Labute approximate surface area is 147 Å². The number of carbonyl (C=O) groups excluding carboxylic acids is 1. The van der Waals surface area contributed by atoms with Crippen LogP contribution in [0, 0.1) is 16.0 Å². The first-order valence-corrected chi connectivity index (χ1v) is 9.10. The van der Waals surface area contributed by atoms with Crippen LogP contribution in [0.5, 0.6) is 0 Å². The monoisotopic (exact) mass is 381 g/mol. The maximum absolute atomic E-state index is 12.1. The summed E-state index contributed by atoms with van der Waals surface area (Å²) < 4.78 is 29.0. The molecular formula is C14H15N5O6S. The standard InChI is InChI=1S/C14H15N5O6S/c20-14(15-8-9-1-2-9)16-18-26(23,24)13-7-12(17-25-13)10-3-5-11(6-4-10)19(21)22/h3-7,9,18H,1-2,8H2,(H2,15,16,20). The van der Waals surface area contributed by atoms with Crippen LogP contribution >= 0.6 is 0 Å². The molecule has 12 heteroatoms.